The first kappa shape index (κ1) is 15.6. The van der Waals surface area contributed by atoms with Crippen molar-refractivity contribution < 1.29 is 22.7 Å². The maximum absolute atomic E-state index is 11.5. The molecule has 0 saturated carbocycles. The molecule has 0 bridgehead atoms. The van der Waals surface area contributed by atoms with E-state index in [-0.39, 0.29) is 10.9 Å². The zero-order valence-corrected chi connectivity index (χ0v) is 13.2. The molecule has 1 aliphatic heterocycles. The van der Waals surface area contributed by atoms with Gasteiger partial charge in [0.2, 0.25) is 20.8 Å². The Labute approximate surface area is 132 Å². The summed E-state index contributed by atoms with van der Waals surface area (Å²) in [5, 5.41) is 8.70. The number of rotatable bonds is 4. The highest BCUT2D eigenvalue weighted by atomic mass is 32.2. The summed E-state index contributed by atoms with van der Waals surface area (Å²) in [5.74, 6) is -0.611. The van der Waals surface area contributed by atoms with Crippen molar-refractivity contribution in [1.82, 2.24) is 14.9 Å². The summed E-state index contributed by atoms with van der Waals surface area (Å²) in [5.41, 5.74) is 1.61. The topological polar surface area (TPSA) is 114 Å². The second kappa shape index (κ2) is 5.74. The first-order valence-corrected chi connectivity index (χ1v) is 8.81. The Bertz CT molecular complexity index is 859. The highest BCUT2D eigenvalue weighted by Gasteiger charge is 2.22. The van der Waals surface area contributed by atoms with Gasteiger partial charge in [-0.25, -0.2) is 23.2 Å². The Hall–Kier alpha value is -2.26. The average Bonchev–Trinajstić information content (AvgIpc) is 2.94. The molecule has 1 N–H and O–H groups in total. The van der Waals surface area contributed by atoms with Crippen LogP contribution in [0.15, 0.2) is 27.9 Å². The summed E-state index contributed by atoms with van der Waals surface area (Å²) in [6.07, 6.45) is 3.23. The van der Waals surface area contributed by atoms with Crippen molar-refractivity contribution >= 4 is 15.8 Å². The zero-order chi connectivity index (χ0) is 16.6. The van der Waals surface area contributed by atoms with Crippen molar-refractivity contribution in [1.29, 1.82) is 0 Å². The van der Waals surface area contributed by atoms with Crippen molar-refractivity contribution in [3.8, 4) is 0 Å². The Kier molecular flexibility index (Phi) is 3.90. The molecule has 0 fully saturated rings. The third-order valence-corrected chi connectivity index (χ3v) is 4.43. The number of aromatic nitrogens is 2. The lowest BCUT2D eigenvalue weighted by Crippen LogP contribution is -2.31. The summed E-state index contributed by atoms with van der Waals surface area (Å²) in [6, 6.07) is 3.07. The molecule has 122 valence electrons. The van der Waals surface area contributed by atoms with Crippen LogP contribution < -0.4 is 0 Å². The van der Waals surface area contributed by atoms with Crippen LogP contribution in [0.3, 0.4) is 0 Å². The molecule has 0 spiro atoms. The normalized spacial score (nSPS) is 15.3. The minimum absolute atomic E-state index is 0.0847. The van der Waals surface area contributed by atoms with E-state index in [1.165, 1.54) is 12.3 Å². The van der Waals surface area contributed by atoms with Gasteiger partial charge in [-0.3, -0.25) is 4.90 Å². The predicted octanol–water partition coefficient (Wildman–Crippen LogP) is 0.730. The molecule has 3 heterocycles. The summed E-state index contributed by atoms with van der Waals surface area (Å²) < 4.78 is 28.2. The number of carboxylic acid groups (broad SMARTS) is 1. The smallest absolute Gasteiger partial charge is 0.371 e. The molecule has 0 amide bonds. The maximum atomic E-state index is 11.5. The van der Waals surface area contributed by atoms with Crippen LogP contribution in [0, 0.1) is 0 Å². The van der Waals surface area contributed by atoms with Gasteiger partial charge in [0.1, 0.15) is 5.76 Å². The van der Waals surface area contributed by atoms with E-state index in [1.54, 1.807) is 6.07 Å². The van der Waals surface area contributed by atoms with Gasteiger partial charge in [-0.1, -0.05) is 0 Å². The van der Waals surface area contributed by atoms with Crippen molar-refractivity contribution in [3.63, 3.8) is 0 Å². The van der Waals surface area contributed by atoms with Gasteiger partial charge in [0, 0.05) is 37.5 Å². The Morgan fingerprint density at radius 1 is 1.43 bits per heavy atom. The molecule has 3 rings (SSSR count). The van der Waals surface area contributed by atoms with Crippen molar-refractivity contribution in [2.24, 2.45) is 0 Å². The van der Waals surface area contributed by atoms with Crippen LogP contribution in [-0.4, -0.2) is 47.2 Å². The summed E-state index contributed by atoms with van der Waals surface area (Å²) >= 11 is 0. The SMILES string of the molecule is CS(=O)(=O)c1ncc2c(n1)CCN(Cc1ccc(C(=O)O)o1)C2. The number of aromatic carboxylic acids is 1. The quantitative estimate of drug-likeness (QED) is 0.812. The third kappa shape index (κ3) is 3.40. The van der Waals surface area contributed by atoms with Gasteiger partial charge in [0.25, 0.3) is 0 Å². The van der Waals surface area contributed by atoms with Crippen molar-refractivity contribution in [3.05, 3.63) is 41.1 Å². The molecule has 9 heteroatoms. The largest absolute Gasteiger partial charge is 0.475 e. The number of hydrogen-bond acceptors (Lipinski definition) is 7. The minimum atomic E-state index is -3.41. The Morgan fingerprint density at radius 2 is 2.22 bits per heavy atom. The lowest BCUT2D eigenvalue weighted by molar-refractivity contribution is 0.0658. The van der Waals surface area contributed by atoms with E-state index in [9.17, 15) is 13.2 Å². The fraction of sp³-hybridized carbons (Fsp3) is 0.357. The van der Waals surface area contributed by atoms with Crippen LogP contribution in [0.2, 0.25) is 0 Å². The molecule has 0 saturated heterocycles. The van der Waals surface area contributed by atoms with E-state index >= 15 is 0 Å². The number of carbonyl (C=O) groups is 1. The van der Waals surface area contributed by atoms with Crippen molar-refractivity contribution in [2.75, 3.05) is 12.8 Å². The molecule has 0 atom stereocenters. The highest BCUT2D eigenvalue weighted by molar-refractivity contribution is 7.90. The van der Waals surface area contributed by atoms with Gasteiger partial charge in [-0.05, 0) is 12.1 Å². The molecule has 2 aromatic heterocycles. The number of nitrogens with zero attached hydrogens (tertiary/aromatic N) is 3. The number of sulfone groups is 1. The predicted molar refractivity (Wildman–Crippen MR) is 78.6 cm³/mol. The third-order valence-electron chi connectivity index (χ3n) is 3.57. The van der Waals surface area contributed by atoms with Crippen LogP contribution >= 0.6 is 0 Å². The first-order chi connectivity index (χ1) is 10.8. The van der Waals surface area contributed by atoms with E-state index in [4.69, 9.17) is 9.52 Å². The maximum Gasteiger partial charge on any atom is 0.371 e. The molecule has 0 aromatic carbocycles. The summed E-state index contributed by atoms with van der Waals surface area (Å²) in [7, 11) is -3.41. The number of carboxylic acids is 1. The molecule has 8 nitrogen and oxygen atoms in total. The first-order valence-electron chi connectivity index (χ1n) is 6.92. The molecule has 0 radical (unpaired) electrons. The fourth-order valence-electron chi connectivity index (χ4n) is 2.47. The molecular weight excluding hydrogens is 322 g/mol. The number of fused-ring (bicyclic) bond motifs is 1. The highest BCUT2D eigenvalue weighted by Crippen LogP contribution is 2.20. The van der Waals surface area contributed by atoms with E-state index < -0.39 is 15.8 Å². The molecule has 23 heavy (non-hydrogen) atoms. The summed E-state index contributed by atoms with van der Waals surface area (Å²) in [6.45, 7) is 1.71. The van der Waals surface area contributed by atoms with Gasteiger partial charge < -0.3 is 9.52 Å². The second-order valence-corrected chi connectivity index (χ2v) is 7.34. The fourth-order valence-corrected chi connectivity index (χ4v) is 2.99. The second-order valence-electron chi connectivity index (χ2n) is 5.43. The minimum Gasteiger partial charge on any atom is -0.475 e. The Balaban J connectivity index is 1.74. The van der Waals surface area contributed by atoms with Crippen LogP contribution in [0.25, 0.3) is 0 Å². The van der Waals surface area contributed by atoms with Gasteiger partial charge in [-0.15, -0.1) is 0 Å². The molecule has 2 aromatic rings. The lowest BCUT2D eigenvalue weighted by atomic mass is 10.1. The molecular formula is C14H15N3O5S. The monoisotopic (exact) mass is 337 g/mol. The zero-order valence-electron chi connectivity index (χ0n) is 12.4. The molecule has 0 aliphatic carbocycles. The van der Waals surface area contributed by atoms with Crippen LogP contribution in [0.1, 0.15) is 27.6 Å². The summed E-state index contributed by atoms with van der Waals surface area (Å²) in [4.78, 5) is 20.9. The van der Waals surface area contributed by atoms with Gasteiger partial charge in [-0.2, -0.15) is 0 Å². The van der Waals surface area contributed by atoms with E-state index in [0.29, 0.717) is 31.8 Å². The van der Waals surface area contributed by atoms with Crippen LogP contribution in [0.5, 0.6) is 0 Å². The van der Waals surface area contributed by atoms with Gasteiger partial charge >= 0.3 is 5.97 Å². The Morgan fingerprint density at radius 3 is 2.87 bits per heavy atom. The number of hydrogen-bond donors (Lipinski definition) is 1. The molecule has 0 unspecified atom stereocenters. The van der Waals surface area contributed by atoms with E-state index in [1.807, 2.05) is 0 Å². The van der Waals surface area contributed by atoms with E-state index in [2.05, 4.69) is 14.9 Å². The number of furan rings is 1. The van der Waals surface area contributed by atoms with Crippen molar-refractivity contribution in [2.45, 2.75) is 24.7 Å². The molecule has 1 aliphatic rings. The van der Waals surface area contributed by atoms with Crippen LogP contribution in [0.4, 0.5) is 0 Å². The van der Waals surface area contributed by atoms with Gasteiger partial charge in [0.15, 0.2) is 0 Å². The van der Waals surface area contributed by atoms with Crippen LogP contribution in [-0.2, 0) is 29.3 Å². The lowest BCUT2D eigenvalue weighted by Gasteiger charge is -2.27. The van der Waals surface area contributed by atoms with Gasteiger partial charge in [0.05, 0.1) is 12.2 Å². The average molecular weight is 337 g/mol. The standard InChI is InChI=1S/C14H15N3O5S/c1-23(20,21)14-15-6-9-7-17(5-4-11(9)16-14)8-10-2-3-12(22-10)13(18)19/h2-3,6H,4-5,7-8H2,1H3,(H,18,19). The van der Waals surface area contributed by atoms with E-state index in [0.717, 1.165) is 17.5 Å².